The average molecular weight is 462 g/mol. The van der Waals surface area contributed by atoms with Gasteiger partial charge in [-0.3, -0.25) is 9.48 Å². The Labute approximate surface area is 194 Å². The van der Waals surface area contributed by atoms with Gasteiger partial charge in [0.1, 0.15) is 17.1 Å². The van der Waals surface area contributed by atoms with E-state index in [1.807, 2.05) is 13.2 Å². The molecule has 0 aliphatic carbocycles. The fourth-order valence-electron chi connectivity index (χ4n) is 3.98. The zero-order valence-corrected chi connectivity index (χ0v) is 19.0. The molecular weight excluding hydrogens is 439 g/mol. The Morgan fingerprint density at radius 1 is 1.24 bits per heavy atom. The van der Waals surface area contributed by atoms with Gasteiger partial charge in [0, 0.05) is 43.9 Å². The molecule has 0 unspecified atom stereocenters. The number of hydrogen-bond donors (Lipinski definition) is 1. The molecule has 1 aliphatic heterocycles. The van der Waals surface area contributed by atoms with Crippen molar-refractivity contribution in [2.45, 2.75) is 25.8 Å². The normalized spacial score (nSPS) is 15.5. The zero-order valence-electron chi connectivity index (χ0n) is 19.0. The molecule has 1 aromatic carbocycles. The Morgan fingerprint density at radius 2 is 2.09 bits per heavy atom. The average Bonchev–Trinajstić information content (AvgIpc) is 3.46. The highest BCUT2D eigenvalue weighted by Crippen LogP contribution is 2.33. The van der Waals surface area contributed by atoms with Gasteiger partial charge in [-0.25, -0.2) is 19.3 Å². The number of halogens is 1. The Hall–Kier alpha value is -4.15. The van der Waals surface area contributed by atoms with Crippen LogP contribution in [0.3, 0.4) is 0 Å². The van der Waals surface area contributed by atoms with Crippen LogP contribution in [0.25, 0.3) is 22.4 Å². The van der Waals surface area contributed by atoms with E-state index in [1.54, 1.807) is 47.2 Å². The van der Waals surface area contributed by atoms with E-state index < -0.39 is 5.82 Å². The second-order valence-electron chi connectivity index (χ2n) is 8.23. The number of amides is 1. The summed E-state index contributed by atoms with van der Waals surface area (Å²) in [6.07, 6.45) is 7.79. The van der Waals surface area contributed by atoms with Crippen molar-refractivity contribution in [1.29, 1.82) is 0 Å². The lowest BCUT2D eigenvalue weighted by molar-refractivity contribution is -0.119. The predicted octanol–water partition coefficient (Wildman–Crippen LogP) is 2.69. The Kier molecular flexibility index (Phi) is 5.52. The van der Waals surface area contributed by atoms with E-state index in [4.69, 9.17) is 4.74 Å². The van der Waals surface area contributed by atoms with E-state index in [2.05, 4.69) is 30.4 Å². The number of carbonyl (C=O) groups excluding carboxylic acids is 1. The van der Waals surface area contributed by atoms with Crippen LogP contribution in [-0.2, 0) is 11.8 Å². The van der Waals surface area contributed by atoms with Crippen molar-refractivity contribution in [2.24, 2.45) is 7.05 Å². The molecule has 1 N–H and O–H groups in total. The Morgan fingerprint density at radius 3 is 2.79 bits per heavy atom. The van der Waals surface area contributed by atoms with E-state index >= 15 is 4.39 Å². The molecule has 10 nitrogen and oxygen atoms in total. The van der Waals surface area contributed by atoms with Crippen molar-refractivity contribution >= 4 is 28.7 Å². The molecule has 0 spiro atoms. The van der Waals surface area contributed by atoms with Gasteiger partial charge in [0.05, 0.1) is 37.1 Å². The van der Waals surface area contributed by atoms with Crippen LogP contribution in [0.15, 0.2) is 36.9 Å². The quantitative estimate of drug-likeness (QED) is 0.466. The Bertz CT molecular complexity index is 1390. The third-order valence-corrected chi connectivity index (χ3v) is 5.75. The summed E-state index contributed by atoms with van der Waals surface area (Å²) in [6.45, 7) is 1.96. The number of aromatic nitrogens is 6. The van der Waals surface area contributed by atoms with E-state index in [9.17, 15) is 4.79 Å². The fraction of sp³-hybridized carbons (Fsp3) is 0.304. The van der Waals surface area contributed by atoms with Gasteiger partial charge in [0.25, 0.3) is 0 Å². The summed E-state index contributed by atoms with van der Waals surface area (Å²) in [5.74, 6) is 0.314. The molecule has 11 heteroatoms. The van der Waals surface area contributed by atoms with E-state index in [-0.39, 0.29) is 30.1 Å². The van der Waals surface area contributed by atoms with Crippen LogP contribution in [0.1, 0.15) is 18.4 Å². The van der Waals surface area contributed by atoms with Crippen molar-refractivity contribution in [3.05, 3.63) is 48.3 Å². The number of nitrogens with zero attached hydrogens (tertiary/aromatic N) is 7. The lowest BCUT2D eigenvalue weighted by Crippen LogP contribution is -2.37. The number of carbonyl (C=O) groups is 1. The van der Waals surface area contributed by atoms with Gasteiger partial charge in [0.2, 0.25) is 11.9 Å². The summed E-state index contributed by atoms with van der Waals surface area (Å²) in [5.41, 5.74) is 2.97. The molecule has 1 atom stereocenters. The van der Waals surface area contributed by atoms with Crippen LogP contribution in [0.5, 0.6) is 5.75 Å². The number of nitrogens with one attached hydrogen (secondary N) is 1. The van der Waals surface area contributed by atoms with Crippen LogP contribution in [0, 0.1) is 12.7 Å². The van der Waals surface area contributed by atoms with Crippen LogP contribution >= 0.6 is 0 Å². The first-order chi connectivity index (χ1) is 16.4. The maximum atomic E-state index is 15.3. The largest absolute Gasteiger partial charge is 0.497 e. The molecule has 34 heavy (non-hydrogen) atoms. The molecule has 1 saturated heterocycles. The van der Waals surface area contributed by atoms with Crippen molar-refractivity contribution in [3.8, 4) is 17.0 Å². The first-order valence-electron chi connectivity index (χ1n) is 10.8. The molecule has 3 aromatic heterocycles. The first-order valence-corrected chi connectivity index (χ1v) is 10.8. The van der Waals surface area contributed by atoms with Crippen LogP contribution in [0.2, 0.25) is 0 Å². The molecule has 0 saturated carbocycles. The van der Waals surface area contributed by atoms with Crippen molar-refractivity contribution in [2.75, 3.05) is 18.6 Å². The number of benzene rings is 1. The van der Waals surface area contributed by atoms with Gasteiger partial charge in [-0.1, -0.05) is 0 Å². The number of aryl methyl sites for hydroxylation is 2. The monoisotopic (exact) mass is 462 g/mol. The topological polar surface area (TPSA) is 111 Å². The number of anilines is 2. The highest BCUT2D eigenvalue weighted by molar-refractivity contribution is 5.79. The van der Waals surface area contributed by atoms with Gasteiger partial charge < -0.3 is 15.0 Å². The molecule has 5 rings (SSSR count). The summed E-state index contributed by atoms with van der Waals surface area (Å²) >= 11 is 0. The highest BCUT2D eigenvalue weighted by Gasteiger charge is 2.27. The summed E-state index contributed by atoms with van der Waals surface area (Å²) in [6, 6.07) is 3.05. The summed E-state index contributed by atoms with van der Waals surface area (Å²) < 4.78 is 22.4. The van der Waals surface area contributed by atoms with E-state index in [0.29, 0.717) is 41.0 Å². The SMILES string of the molecule is COc1cc(C)c(F)c(N(C[C@H]2CCC(=O)N2)c2ncc3ncc(-c4cnn(C)c4)nc3n2)c1. The fourth-order valence-corrected chi connectivity index (χ4v) is 3.98. The predicted molar refractivity (Wildman–Crippen MR) is 123 cm³/mol. The Balaban J connectivity index is 1.61. The number of hydrogen-bond acceptors (Lipinski definition) is 8. The second kappa shape index (κ2) is 8.65. The minimum absolute atomic E-state index is 0.0290. The van der Waals surface area contributed by atoms with E-state index in [1.165, 1.54) is 7.11 Å². The van der Waals surface area contributed by atoms with Crippen molar-refractivity contribution in [1.82, 2.24) is 35.0 Å². The highest BCUT2D eigenvalue weighted by atomic mass is 19.1. The molecule has 1 amide bonds. The standard InChI is InChI=1S/C23H23FN8O2/c1-13-6-16(34-3)7-19(21(13)24)32(12-15-4-5-20(33)28-15)23-26-10-18-22(30-23)29-17(9-25-18)14-8-27-31(2)11-14/h6-11,15H,4-5,12H2,1-3H3,(H,28,33)/t15-/m1/s1. The van der Waals surface area contributed by atoms with Gasteiger partial charge in [-0.05, 0) is 25.0 Å². The van der Waals surface area contributed by atoms with Crippen LogP contribution < -0.4 is 15.0 Å². The molecule has 4 heterocycles. The summed E-state index contributed by atoms with van der Waals surface area (Å²) in [5, 5.41) is 7.11. The number of ether oxygens (including phenoxy) is 1. The minimum Gasteiger partial charge on any atom is -0.497 e. The van der Waals surface area contributed by atoms with Gasteiger partial charge >= 0.3 is 0 Å². The smallest absolute Gasteiger partial charge is 0.232 e. The number of fused-ring (bicyclic) bond motifs is 1. The van der Waals surface area contributed by atoms with Crippen LogP contribution in [-0.4, -0.2) is 55.3 Å². The second-order valence-corrected chi connectivity index (χ2v) is 8.23. The number of methoxy groups -OCH3 is 1. The van der Waals surface area contributed by atoms with Crippen molar-refractivity contribution < 1.29 is 13.9 Å². The van der Waals surface area contributed by atoms with Gasteiger partial charge in [-0.2, -0.15) is 10.1 Å². The van der Waals surface area contributed by atoms with Gasteiger partial charge in [-0.15, -0.1) is 0 Å². The zero-order chi connectivity index (χ0) is 23.8. The molecule has 174 valence electrons. The molecular formula is C23H23FN8O2. The summed E-state index contributed by atoms with van der Waals surface area (Å²) in [7, 11) is 3.35. The summed E-state index contributed by atoms with van der Waals surface area (Å²) in [4.78, 5) is 31.6. The van der Waals surface area contributed by atoms with Gasteiger partial charge in [0.15, 0.2) is 5.65 Å². The molecule has 1 fully saturated rings. The lowest BCUT2D eigenvalue weighted by Gasteiger charge is -2.27. The third kappa shape index (κ3) is 4.12. The molecule has 0 radical (unpaired) electrons. The van der Waals surface area contributed by atoms with Crippen molar-refractivity contribution in [3.63, 3.8) is 0 Å². The maximum absolute atomic E-state index is 15.3. The van der Waals surface area contributed by atoms with E-state index in [0.717, 1.165) is 5.56 Å². The number of rotatable bonds is 6. The third-order valence-electron chi connectivity index (χ3n) is 5.75. The first kappa shape index (κ1) is 21.7. The molecule has 4 aromatic rings. The minimum atomic E-state index is -0.413. The molecule has 0 bridgehead atoms. The molecule has 1 aliphatic rings. The lowest BCUT2D eigenvalue weighted by atomic mass is 10.1. The van der Waals surface area contributed by atoms with Crippen LogP contribution in [0.4, 0.5) is 16.0 Å². The maximum Gasteiger partial charge on any atom is 0.232 e.